The van der Waals surface area contributed by atoms with Gasteiger partial charge < -0.3 is 14.8 Å². The molecule has 4 rings (SSSR count). The number of allylic oxidation sites excluding steroid dienone is 1. The number of amides is 1. The minimum atomic E-state index is -1.12. The molecule has 2 aromatic rings. The minimum absolute atomic E-state index is 0.0789. The van der Waals surface area contributed by atoms with Crippen LogP contribution in [0.4, 0.5) is 4.79 Å². The molecule has 256 valence electrons. The van der Waals surface area contributed by atoms with Crippen molar-refractivity contribution < 1.29 is 23.9 Å². The van der Waals surface area contributed by atoms with Crippen molar-refractivity contribution in [3.05, 3.63) is 43.2 Å². The average molecular weight is 649 g/mol. The lowest BCUT2D eigenvalue weighted by molar-refractivity contribution is -0.170. The maximum atomic E-state index is 13.6. The molecule has 2 saturated heterocycles. The number of unbranched alkanes of at least 4 members (excludes halogenated alkanes) is 1. The number of carbonyl (C=O) groups is 3. The predicted molar refractivity (Wildman–Crippen MR) is 183 cm³/mol. The zero-order chi connectivity index (χ0) is 34.3. The zero-order valence-electron chi connectivity index (χ0n) is 29.2. The molecule has 2 aliphatic heterocycles. The van der Waals surface area contributed by atoms with Crippen LogP contribution in [0.2, 0.25) is 5.82 Å². The highest BCUT2D eigenvalue weighted by atomic mass is 16.6. The summed E-state index contributed by atoms with van der Waals surface area (Å²) in [5.41, 5.74) is 0.363. The molecular formula is C35H53BN6O5. The number of cyclic esters (lactones) is 1. The van der Waals surface area contributed by atoms with Crippen LogP contribution in [0.1, 0.15) is 73.6 Å². The van der Waals surface area contributed by atoms with Crippen molar-refractivity contribution in [2.45, 2.75) is 110 Å². The number of ketones is 1. The molecule has 0 radical (unpaired) electrons. The maximum Gasteiger partial charge on any atom is 0.410 e. The third kappa shape index (κ3) is 8.31. The number of nitrogens with one attached hydrogen (secondary N) is 1. The summed E-state index contributed by atoms with van der Waals surface area (Å²) in [6, 6.07) is 5.11. The highest BCUT2D eigenvalue weighted by Crippen LogP contribution is 2.39. The van der Waals surface area contributed by atoms with Crippen LogP contribution in [0, 0.1) is 23.7 Å². The Morgan fingerprint density at radius 1 is 1.13 bits per heavy atom. The van der Waals surface area contributed by atoms with Crippen LogP contribution in [-0.2, 0) is 25.6 Å². The molecule has 1 amide bonds. The van der Waals surface area contributed by atoms with Crippen molar-refractivity contribution in [2.24, 2.45) is 23.7 Å². The van der Waals surface area contributed by atoms with Gasteiger partial charge in [0.25, 0.3) is 0 Å². The lowest BCUT2D eigenvalue weighted by Crippen LogP contribution is -2.60. The fourth-order valence-corrected chi connectivity index (χ4v) is 7.44. The summed E-state index contributed by atoms with van der Waals surface area (Å²) in [7, 11) is 2.11. The molecule has 9 atom stereocenters. The van der Waals surface area contributed by atoms with Gasteiger partial charge in [0.2, 0.25) is 0 Å². The molecule has 0 saturated carbocycles. The molecule has 47 heavy (non-hydrogen) atoms. The first kappa shape index (κ1) is 36.3. The van der Waals surface area contributed by atoms with Gasteiger partial charge in [-0.25, -0.2) is 4.79 Å². The third-order valence-corrected chi connectivity index (χ3v) is 10.4. The molecule has 0 aliphatic carbocycles. The van der Waals surface area contributed by atoms with Crippen LogP contribution >= 0.6 is 0 Å². The lowest BCUT2D eigenvalue weighted by Gasteiger charge is -2.40. The van der Waals surface area contributed by atoms with Gasteiger partial charge >= 0.3 is 12.1 Å². The second-order valence-electron chi connectivity index (χ2n) is 13.9. The number of aromatic nitrogens is 4. The van der Waals surface area contributed by atoms with Gasteiger partial charge in [0, 0.05) is 31.2 Å². The van der Waals surface area contributed by atoms with Crippen molar-refractivity contribution in [1.82, 2.24) is 30.2 Å². The third-order valence-electron chi connectivity index (χ3n) is 10.4. The number of rotatable bonds is 9. The van der Waals surface area contributed by atoms with E-state index in [1.54, 1.807) is 22.7 Å². The van der Waals surface area contributed by atoms with E-state index in [1.807, 2.05) is 51.2 Å². The molecule has 0 unspecified atom stereocenters. The summed E-state index contributed by atoms with van der Waals surface area (Å²) < 4.78 is 14.0. The van der Waals surface area contributed by atoms with Crippen LogP contribution in [-0.4, -0.2) is 87.4 Å². The summed E-state index contributed by atoms with van der Waals surface area (Å²) >= 11 is 0. The number of aryl methyl sites for hydroxylation is 1. The SMILES string of the molecule is B[C@H]1[C@@H](CC=C)C[C@@H](C)CN[C@H](C)[C@H]2N(CCCCn3cc(-c4ccccn4)nn3)C(=O)O[C@]2(C)[C@@H](CC)OC(=O)[C@H](C)C(=O)[C@@H]1C. The Bertz CT molecular complexity index is 1370. The van der Waals surface area contributed by atoms with Crippen molar-refractivity contribution >= 4 is 25.7 Å². The molecule has 2 fully saturated rings. The average Bonchev–Trinajstić information content (AvgIpc) is 3.64. The van der Waals surface area contributed by atoms with E-state index < -0.39 is 35.7 Å². The van der Waals surface area contributed by atoms with E-state index in [4.69, 9.17) is 9.47 Å². The van der Waals surface area contributed by atoms with Gasteiger partial charge in [-0.05, 0) is 83.4 Å². The van der Waals surface area contributed by atoms with E-state index in [0.717, 1.165) is 31.5 Å². The van der Waals surface area contributed by atoms with Crippen molar-refractivity contribution in [3.63, 3.8) is 0 Å². The predicted octanol–water partition coefficient (Wildman–Crippen LogP) is 4.49. The van der Waals surface area contributed by atoms with Gasteiger partial charge in [-0.15, -0.1) is 11.7 Å². The van der Waals surface area contributed by atoms with Crippen LogP contribution < -0.4 is 5.32 Å². The topological polar surface area (TPSA) is 129 Å². The molecule has 4 heterocycles. The van der Waals surface area contributed by atoms with Gasteiger partial charge in [0.15, 0.2) is 5.60 Å². The molecule has 2 aromatic heterocycles. The van der Waals surface area contributed by atoms with Crippen LogP contribution in [0.3, 0.4) is 0 Å². The highest BCUT2D eigenvalue weighted by Gasteiger charge is 2.58. The standard InChI is InChI=1S/C35H53BN6O5/c1-8-14-26-19-22(3)20-38-25(6)32-35(7,29(9-2)46-33(44)24(5)31(43)23(4)30(26)36)47-34(45)42(32)18-13-12-17-41-21-28(39-40-41)27-15-10-11-16-37-27/h8,10-11,15-16,21-26,29-30,32,38H,1,9,12-14,17-20,36H2,2-7H3/t22-,23-,24-,25-,26+,29-,30-,32-,35-/m1/s1. The zero-order valence-corrected chi connectivity index (χ0v) is 29.2. The molecule has 11 nitrogen and oxygen atoms in total. The van der Waals surface area contributed by atoms with Gasteiger partial charge in [-0.3, -0.25) is 24.2 Å². The molecule has 1 N–H and O–H groups in total. The molecule has 2 aliphatic rings. The minimum Gasteiger partial charge on any atom is -0.458 e. The van der Waals surface area contributed by atoms with Gasteiger partial charge in [-0.2, -0.15) is 0 Å². The summed E-state index contributed by atoms with van der Waals surface area (Å²) in [6.07, 6.45) is 8.00. The maximum absolute atomic E-state index is 13.6. The van der Waals surface area contributed by atoms with E-state index in [2.05, 4.69) is 48.9 Å². The van der Waals surface area contributed by atoms with Crippen molar-refractivity contribution in [2.75, 3.05) is 13.1 Å². The van der Waals surface area contributed by atoms with E-state index in [1.165, 1.54) is 0 Å². The van der Waals surface area contributed by atoms with Crippen LogP contribution in [0.25, 0.3) is 11.4 Å². The number of ether oxygens (including phenoxy) is 2. The number of esters is 1. The molecular weight excluding hydrogens is 595 g/mol. The van der Waals surface area contributed by atoms with E-state index in [-0.39, 0.29) is 29.5 Å². The number of hydrogen-bond donors (Lipinski definition) is 1. The highest BCUT2D eigenvalue weighted by molar-refractivity contribution is 6.15. The summed E-state index contributed by atoms with van der Waals surface area (Å²) in [5, 5.41) is 12.2. The number of hydrogen-bond acceptors (Lipinski definition) is 9. The van der Waals surface area contributed by atoms with Crippen molar-refractivity contribution in [1.29, 1.82) is 0 Å². The molecule has 0 spiro atoms. The van der Waals surface area contributed by atoms with Gasteiger partial charge in [-0.1, -0.05) is 43.9 Å². The van der Waals surface area contributed by atoms with E-state index in [9.17, 15) is 14.4 Å². The first-order valence-corrected chi connectivity index (χ1v) is 17.3. The fraction of sp³-hybridized carbons (Fsp3) is 0.657. The van der Waals surface area contributed by atoms with Crippen LogP contribution in [0.15, 0.2) is 43.2 Å². The number of Topliss-reactive ketones (excluding diaryl/α,β-unsaturated/α-hetero) is 1. The second-order valence-corrected chi connectivity index (χ2v) is 13.9. The van der Waals surface area contributed by atoms with E-state index >= 15 is 0 Å². The monoisotopic (exact) mass is 648 g/mol. The fourth-order valence-electron chi connectivity index (χ4n) is 7.44. The summed E-state index contributed by atoms with van der Waals surface area (Å²) in [5.74, 6) is -1.29. The lowest BCUT2D eigenvalue weighted by atomic mass is 9.63. The number of carbonyl (C=O) groups excluding carboxylic acids is 3. The summed E-state index contributed by atoms with van der Waals surface area (Å²) in [6.45, 7) is 17.4. The number of nitrogens with zero attached hydrogens (tertiary/aromatic N) is 5. The Kier molecular flexibility index (Phi) is 12.4. The largest absolute Gasteiger partial charge is 0.458 e. The Morgan fingerprint density at radius 2 is 1.87 bits per heavy atom. The van der Waals surface area contributed by atoms with Gasteiger partial charge in [0.05, 0.1) is 17.9 Å². The first-order chi connectivity index (χ1) is 22.4. The summed E-state index contributed by atoms with van der Waals surface area (Å²) in [4.78, 5) is 46.8. The normalized spacial score (nSPS) is 32.6. The Morgan fingerprint density at radius 3 is 2.55 bits per heavy atom. The quantitative estimate of drug-likeness (QED) is 0.138. The molecule has 0 bridgehead atoms. The molecule has 12 heteroatoms. The number of pyridine rings is 1. The Labute approximate surface area is 280 Å². The van der Waals surface area contributed by atoms with Gasteiger partial charge in [0.1, 0.15) is 31.3 Å². The number of fused-ring (bicyclic) bond motifs is 1. The smallest absolute Gasteiger partial charge is 0.410 e. The van der Waals surface area contributed by atoms with E-state index in [0.29, 0.717) is 37.5 Å². The Balaban J connectivity index is 1.53. The molecule has 0 aromatic carbocycles. The van der Waals surface area contributed by atoms with Crippen molar-refractivity contribution in [3.8, 4) is 11.4 Å². The van der Waals surface area contributed by atoms with Crippen LogP contribution in [0.5, 0.6) is 0 Å². The Hall–Kier alpha value is -3.54. The second kappa shape index (κ2) is 16.0. The first-order valence-electron chi connectivity index (χ1n) is 17.3.